The van der Waals surface area contributed by atoms with E-state index >= 15 is 0 Å². The van der Waals surface area contributed by atoms with Crippen LogP contribution in [0.15, 0.2) is 36.5 Å². The summed E-state index contributed by atoms with van der Waals surface area (Å²) < 4.78 is 5.58. The quantitative estimate of drug-likeness (QED) is 0.850. The van der Waals surface area contributed by atoms with Gasteiger partial charge in [-0.15, -0.1) is 0 Å². The molecule has 110 valence electrons. The summed E-state index contributed by atoms with van der Waals surface area (Å²) in [5.74, 6) is 0.149. The van der Waals surface area contributed by atoms with Gasteiger partial charge in [-0.25, -0.2) is 0 Å². The van der Waals surface area contributed by atoms with Crippen molar-refractivity contribution in [1.29, 1.82) is 0 Å². The molecule has 1 fully saturated rings. The van der Waals surface area contributed by atoms with Crippen molar-refractivity contribution in [2.75, 3.05) is 13.2 Å². The Morgan fingerprint density at radius 3 is 3.00 bits per heavy atom. The highest BCUT2D eigenvalue weighted by atomic mass is 16.5. The van der Waals surface area contributed by atoms with E-state index < -0.39 is 0 Å². The van der Waals surface area contributed by atoms with Crippen LogP contribution in [0.1, 0.15) is 19.4 Å². The van der Waals surface area contributed by atoms with Crippen molar-refractivity contribution < 1.29 is 9.53 Å². The third-order valence-electron chi connectivity index (χ3n) is 3.99. The zero-order valence-corrected chi connectivity index (χ0v) is 12.5. The Morgan fingerprint density at radius 1 is 1.33 bits per heavy atom. The Bertz CT molecular complexity index is 651. The average Bonchev–Trinajstić information content (AvgIpc) is 2.50. The third kappa shape index (κ3) is 2.90. The molecule has 0 N–H and O–H groups in total. The number of carbonyl (C=O) groups excluding carboxylic acids is 1. The van der Waals surface area contributed by atoms with Crippen molar-refractivity contribution in [2.45, 2.75) is 32.4 Å². The van der Waals surface area contributed by atoms with Crippen LogP contribution in [0.4, 0.5) is 0 Å². The first kappa shape index (κ1) is 14.0. The molecule has 1 amide bonds. The smallest absolute Gasteiger partial charge is 0.227 e. The van der Waals surface area contributed by atoms with Crippen LogP contribution in [0.2, 0.25) is 0 Å². The highest BCUT2D eigenvalue weighted by molar-refractivity contribution is 5.87. The van der Waals surface area contributed by atoms with Crippen LogP contribution >= 0.6 is 0 Å². The number of fused-ring (bicyclic) bond motifs is 1. The van der Waals surface area contributed by atoms with E-state index in [2.05, 4.69) is 4.98 Å². The van der Waals surface area contributed by atoms with Crippen LogP contribution in [0.5, 0.6) is 0 Å². The summed E-state index contributed by atoms with van der Waals surface area (Å²) >= 11 is 0. The van der Waals surface area contributed by atoms with E-state index in [0.29, 0.717) is 19.6 Å². The van der Waals surface area contributed by atoms with E-state index in [-0.39, 0.29) is 18.1 Å². The van der Waals surface area contributed by atoms with E-state index in [1.807, 2.05) is 49.1 Å². The largest absolute Gasteiger partial charge is 0.375 e. The van der Waals surface area contributed by atoms with E-state index in [4.69, 9.17) is 4.74 Å². The first-order valence-corrected chi connectivity index (χ1v) is 7.39. The molecule has 3 rings (SSSR count). The monoisotopic (exact) mass is 284 g/mol. The minimum absolute atomic E-state index is 0.107. The van der Waals surface area contributed by atoms with Crippen LogP contribution < -0.4 is 0 Å². The number of benzene rings is 1. The molecule has 1 aliphatic rings. The lowest BCUT2D eigenvalue weighted by molar-refractivity contribution is -0.142. The number of carbonyl (C=O) groups is 1. The lowest BCUT2D eigenvalue weighted by Crippen LogP contribution is -2.50. The molecule has 1 aliphatic heterocycles. The number of morpholine rings is 1. The molecule has 1 aromatic heterocycles. The second-order valence-electron chi connectivity index (χ2n) is 5.71. The van der Waals surface area contributed by atoms with Crippen LogP contribution in [0.25, 0.3) is 10.9 Å². The van der Waals surface area contributed by atoms with Crippen molar-refractivity contribution in [1.82, 2.24) is 9.88 Å². The number of pyridine rings is 1. The van der Waals surface area contributed by atoms with Crippen molar-refractivity contribution in [3.63, 3.8) is 0 Å². The molecule has 2 atom stereocenters. The van der Waals surface area contributed by atoms with Gasteiger partial charge in [0.05, 0.1) is 30.7 Å². The summed E-state index contributed by atoms with van der Waals surface area (Å²) in [4.78, 5) is 19.0. The molecule has 0 spiro atoms. The molecule has 0 bridgehead atoms. The molecule has 0 radical (unpaired) electrons. The summed E-state index contributed by atoms with van der Waals surface area (Å²) in [5.41, 5.74) is 1.91. The number of para-hydroxylation sites is 1. The lowest BCUT2D eigenvalue weighted by atomic mass is 10.1. The van der Waals surface area contributed by atoms with Gasteiger partial charge in [-0.05, 0) is 25.5 Å². The molecular formula is C17H20N2O2. The van der Waals surface area contributed by atoms with Crippen molar-refractivity contribution >= 4 is 16.8 Å². The zero-order chi connectivity index (χ0) is 14.8. The Kier molecular flexibility index (Phi) is 3.88. The number of aromatic nitrogens is 1. The number of rotatable bonds is 2. The topological polar surface area (TPSA) is 42.4 Å². The van der Waals surface area contributed by atoms with Gasteiger partial charge >= 0.3 is 0 Å². The van der Waals surface area contributed by atoms with Crippen LogP contribution in [-0.2, 0) is 16.0 Å². The molecule has 0 aliphatic carbocycles. The van der Waals surface area contributed by atoms with Crippen molar-refractivity contribution in [2.24, 2.45) is 0 Å². The van der Waals surface area contributed by atoms with Crippen LogP contribution in [0, 0.1) is 0 Å². The highest BCUT2D eigenvalue weighted by Crippen LogP contribution is 2.19. The van der Waals surface area contributed by atoms with E-state index in [0.717, 1.165) is 16.5 Å². The predicted molar refractivity (Wildman–Crippen MR) is 82.0 cm³/mol. The molecule has 0 saturated carbocycles. The van der Waals surface area contributed by atoms with Gasteiger partial charge in [-0.1, -0.05) is 24.3 Å². The SMILES string of the molecule is C[C@@H]1CO[C@@H](C)CN1C(=O)Cc1cccc2cccnc12. The zero-order valence-electron chi connectivity index (χ0n) is 12.5. The third-order valence-corrected chi connectivity index (χ3v) is 3.99. The van der Waals surface area contributed by atoms with Crippen LogP contribution in [-0.4, -0.2) is 41.1 Å². The number of amides is 1. The average molecular weight is 284 g/mol. The summed E-state index contributed by atoms with van der Waals surface area (Å²) in [5, 5.41) is 1.08. The summed E-state index contributed by atoms with van der Waals surface area (Å²) in [6.45, 7) is 5.32. The second kappa shape index (κ2) is 5.82. The highest BCUT2D eigenvalue weighted by Gasteiger charge is 2.27. The molecular weight excluding hydrogens is 264 g/mol. The van der Waals surface area contributed by atoms with Gasteiger partial charge in [0.1, 0.15) is 0 Å². The molecule has 2 aromatic rings. The van der Waals surface area contributed by atoms with Gasteiger partial charge in [-0.2, -0.15) is 0 Å². The summed E-state index contributed by atoms with van der Waals surface area (Å²) in [7, 11) is 0. The number of hydrogen-bond acceptors (Lipinski definition) is 3. The molecule has 4 heteroatoms. The van der Waals surface area contributed by atoms with E-state index in [9.17, 15) is 4.79 Å². The Morgan fingerprint density at radius 2 is 2.14 bits per heavy atom. The Hall–Kier alpha value is -1.94. The van der Waals surface area contributed by atoms with Crippen molar-refractivity contribution in [3.8, 4) is 0 Å². The molecule has 1 saturated heterocycles. The summed E-state index contributed by atoms with van der Waals surface area (Å²) in [6, 6.07) is 10.1. The molecule has 21 heavy (non-hydrogen) atoms. The molecule has 0 unspecified atom stereocenters. The fraction of sp³-hybridized carbons (Fsp3) is 0.412. The molecule has 2 heterocycles. The standard InChI is InChI=1S/C17H20N2O2/c1-12-11-21-13(2)10-19(12)16(20)9-15-6-3-5-14-7-4-8-18-17(14)15/h3-8,12-13H,9-11H2,1-2H3/t12-,13+/m1/s1. The van der Waals surface area contributed by atoms with E-state index in [1.54, 1.807) is 6.20 Å². The van der Waals surface area contributed by atoms with E-state index in [1.165, 1.54) is 0 Å². The molecule has 4 nitrogen and oxygen atoms in total. The Balaban J connectivity index is 1.83. The van der Waals surface area contributed by atoms with Gasteiger partial charge in [0, 0.05) is 18.1 Å². The van der Waals surface area contributed by atoms with Crippen LogP contribution in [0.3, 0.4) is 0 Å². The summed E-state index contributed by atoms with van der Waals surface area (Å²) in [6.07, 6.45) is 2.28. The fourth-order valence-electron chi connectivity index (χ4n) is 2.83. The number of hydrogen-bond donors (Lipinski definition) is 0. The number of ether oxygens (including phenoxy) is 1. The van der Waals surface area contributed by atoms with Gasteiger partial charge in [0.2, 0.25) is 5.91 Å². The Labute approximate surface area is 124 Å². The van der Waals surface area contributed by atoms with Gasteiger partial charge < -0.3 is 9.64 Å². The van der Waals surface area contributed by atoms with Gasteiger partial charge in [0.25, 0.3) is 0 Å². The second-order valence-corrected chi connectivity index (χ2v) is 5.71. The predicted octanol–water partition coefficient (Wildman–Crippen LogP) is 2.41. The number of nitrogens with zero attached hydrogens (tertiary/aromatic N) is 2. The van der Waals surface area contributed by atoms with Gasteiger partial charge in [0.15, 0.2) is 0 Å². The maximum absolute atomic E-state index is 12.6. The maximum atomic E-state index is 12.6. The first-order valence-electron chi connectivity index (χ1n) is 7.39. The fourth-order valence-corrected chi connectivity index (χ4v) is 2.83. The molecule has 1 aromatic carbocycles. The minimum atomic E-state index is 0.107. The lowest BCUT2D eigenvalue weighted by Gasteiger charge is -2.37. The van der Waals surface area contributed by atoms with Crippen molar-refractivity contribution in [3.05, 3.63) is 42.1 Å². The maximum Gasteiger partial charge on any atom is 0.227 e. The minimum Gasteiger partial charge on any atom is -0.375 e. The first-order chi connectivity index (χ1) is 10.1. The normalized spacial score (nSPS) is 22.5. The van der Waals surface area contributed by atoms with Gasteiger partial charge in [-0.3, -0.25) is 9.78 Å².